The third-order valence-corrected chi connectivity index (χ3v) is 4.64. The molecule has 0 saturated heterocycles. The fourth-order valence-electron chi connectivity index (χ4n) is 3.66. The second-order valence-electron chi connectivity index (χ2n) is 5.82. The van der Waals surface area contributed by atoms with Crippen molar-refractivity contribution in [3.8, 4) is 0 Å². The highest BCUT2D eigenvalue weighted by Gasteiger charge is 2.47. The smallest absolute Gasteiger partial charge is 0.330 e. The van der Waals surface area contributed by atoms with Crippen molar-refractivity contribution in [3.05, 3.63) is 35.1 Å². The Hall–Kier alpha value is -1.42. The third kappa shape index (κ3) is 2.12. The number of benzene rings is 1. The predicted octanol–water partition coefficient (Wildman–Crippen LogP) is 2.67. The van der Waals surface area contributed by atoms with Gasteiger partial charge in [0.2, 0.25) is 0 Å². The number of nitrogens with one attached hydrogen (secondary N) is 1. The zero-order chi connectivity index (χ0) is 14.2. The van der Waals surface area contributed by atoms with Crippen LogP contribution in [0.5, 0.6) is 0 Å². The van der Waals surface area contributed by atoms with Crippen LogP contribution in [0.25, 0.3) is 0 Å². The first-order valence-corrected chi connectivity index (χ1v) is 7.31. The number of esters is 1. The standard InChI is InChI=1S/C16H20FNO2/c1-20-15(19)16(18-13-4-2-3-5-13)9-8-11-10-12(17)6-7-14(11)16/h6-7,10,13,18H,2-5,8-9H2,1H3. The first kappa shape index (κ1) is 13.6. The molecule has 1 N–H and O–H groups in total. The van der Waals surface area contributed by atoms with Crippen LogP contribution in [0.4, 0.5) is 4.39 Å². The molecule has 1 saturated carbocycles. The van der Waals surface area contributed by atoms with E-state index in [-0.39, 0.29) is 11.8 Å². The molecule has 0 heterocycles. The van der Waals surface area contributed by atoms with E-state index >= 15 is 0 Å². The minimum absolute atomic E-state index is 0.245. The molecule has 1 atom stereocenters. The molecule has 1 aromatic carbocycles. The maximum Gasteiger partial charge on any atom is 0.330 e. The van der Waals surface area contributed by atoms with E-state index in [2.05, 4.69) is 5.32 Å². The Morgan fingerprint density at radius 3 is 2.85 bits per heavy atom. The average Bonchev–Trinajstić information content (AvgIpc) is 3.07. The largest absolute Gasteiger partial charge is 0.467 e. The highest BCUT2D eigenvalue weighted by atomic mass is 19.1. The van der Waals surface area contributed by atoms with Gasteiger partial charge in [0.1, 0.15) is 11.4 Å². The summed E-state index contributed by atoms with van der Waals surface area (Å²) in [5.74, 6) is -0.500. The van der Waals surface area contributed by atoms with Crippen molar-refractivity contribution in [1.82, 2.24) is 5.32 Å². The number of fused-ring (bicyclic) bond motifs is 1. The van der Waals surface area contributed by atoms with Crippen LogP contribution in [0.15, 0.2) is 18.2 Å². The number of halogens is 1. The molecular formula is C16H20FNO2. The van der Waals surface area contributed by atoms with Gasteiger partial charge in [-0.3, -0.25) is 5.32 Å². The molecule has 0 spiro atoms. The fraction of sp³-hybridized carbons (Fsp3) is 0.562. The summed E-state index contributed by atoms with van der Waals surface area (Å²) >= 11 is 0. The van der Waals surface area contributed by atoms with E-state index < -0.39 is 5.54 Å². The van der Waals surface area contributed by atoms with Gasteiger partial charge in [-0.05, 0) is 48.9 Å². The average molecular weight is 277 g/mol. The van der Waals surface area contributed by atoms with Crippen LogP contribution in [0, 0.1) is 5.82 Å². The Bertz CT molecular complexity index is 525. The van der Waals surface area contributed by atoms with Crippen LogP contribution in [0.2, 0.25) is 0 Å². The number of rotatable bonds is 3. The molecule has 0 aromatic heterocycles. The summed E-state index contributed by atoms with van der Waals surface area (Å²) in [7, 11) is 1.42. The minimum atomic E-state index is -0.785. The molecule has 108 valence electrons. The van der Waals surface area contributed by atoms with Gasteiger partial charge < -0.3 is 4.74 Å². The zero-order valence-electron chi connectivity index (χ0n) is 11.7. The summed E-state index contributed by atoms with van der Waals surface area (Å²) in [6.07, 6.45) is 5.94. The van der Waals surface area contributed by atoms with Gasteiger partial charge in [-0.1, -0.05) is 18.9 Å². The van der Waals surface area contributed by atoms with E-state index in [1.54, 1.807) is 6.07 Å². The fourth-order valence-corrected chi connectivity index (χ4v) is 3.66. The van der Waals surface area contributed by atoms with E-state index in [4.69, 9.17) is 4.74 Å². The van der Waals surface area contributed by atoms with E-state index in [0.29, 0.717) is 18.9 Å². The summed E-state index contributed by atoms with van der Waals surface area (Å²) in [6.45, 7) is 0. The van der Waals surface area contributed by atoms with Gasteiger partial charge in [0.05, 0.1) is 7.11 Å². The quantitative estimate of drug-likeness (QED) is 0.863. The molecule has 4 heteroatoms. The van der Waals surface area contributed by atoms with Gasteiger partial charge in [0.25, 0.3) is 0 Å². The highest BCUT2D eigenvalue weighted by molar-refractivity contribution is 5.84. The van der Waals surface area contributed by atoms with Gasteiger partial charge in [-0.2, -0.15) is 0 Å². The number of carbonyl (C=O) groups is 1. The Morgan fingerprint density at radius 2 is 2.15 bits per heavy atom. The van der Waals surface area contributed by atoms with Crippen LogP contribution in [-0.4, -0.2) is 19.1 Å². The van der Waals surface area contributed by atoms with Gasteiger partial charge >= 0.3 is 5.97 Å². The van der Waals surface area contributed by atoms with Gasteiger partial charge in [-0.15, -0.1) is 0 Å². The van der Waals surface area contributed by atoms with E-state index in [9.17, 15) is 9.18 Å². The van der Waals surface area contributed by atoms with Crippen LogP contribution in [0.3, 0.4) is 0 Å². The summed E-state index contributed by atoms with van der Waals surface area (Å²) < 4.78 is 18.4. The summed E-state index contributed by atoms with van der Waals surface area (Å²) in [5.41, 5.74) is 1.02. The first-order valence-electron chi connectivity index (χ1n) is 7.31. The molecule has 0 amide bonds. The summed E-state index contributed by atoms with van der Waals surface area (Å²) in [4.78, 5) is 12.4. The minimum Gasteiger partial charge on any atom is -0.467 e. The van der Waals surface area contributed by atoms with Crippen LogP contribution in [-0.2, 0) is 21.5 Å². The monoisotopic (exact) mass is 277 g/mol. The lowest BCUT2D eigenvalue weighted by molar-refractivity contribution is -0.149. The van der Waals surface area contributed by atoms with Crippen molar-refractivity contribution in [3.63, 3.8) is 0 Å². The molecule has 3 rings (SSSR count). The van der Waals surface area contributed by atoms with Crippen LogP contribution < -0.4 is 5.32 Å². The molecule has 1 fully saturated rings. The lowest BCUT2D eigenvalue weighted by Crippen LogP contribution is -2.52. The van der Waals surface area contributed by atoms with Crippen LogP contribution >= 0.6 is 0 Å². The molecule has 0 aliphatic heterocycles. The zero-order valence-corrected chi connectivity index (χ0v) is 11.7. The number of carbonyl (C=O) groups excluding carboxylic acids is 1. The molecule has 0 radical (unpaired) electrons. The third-order valence-electron chi connectivity index (χ3n) is 4.64. The van der Waals surface area contributed by atoms with Gasteiger partial charge in [0, 0.05) is 6.04 Å². The topological polar surface area (TPSA) is 38.3 Å². The molecule has 3 nitrogen and oxygen atoms in total. The lowest BCUT2D eigenvalue weighted by Gasteiger charge is -2.32. The lowest BCUT2D eigenvalue weighted by atomic mass is 9.90. The van der Waals surface area contributed by atoms with E-state index in [1.165, 1.54) is 32.1 Å². The molecular weight excluding hydrogens is 257 g/mol. The molecule has 1 unspecified atom stereocenters. The Labute approximate surface area is 118 Å². The number of aryl methyl sites for hydroxylation is 1. The van der Waals surface area contributed by atoms with Crippen molar-refractivity contribution in [2.45, 2.75) is 50.1 Å². The maximum absolute atomic E-state index is 13.4. The predicted molar refractivity (Wildman–Crippen MR) is 73.8 cm³/mol. The van der Waals surface area contributed by atoms with Crippen molar-refractivity contribution >= 4 is 5.97 Å². The van der Waals surface area contributed by atoms with Crippen molar-refractivity contribution in [1.29, 1.82) is 0 Å². The van der Waals surface area contributed by atoms with Crippen LogP contribution in [0.1, 0.15) is 43.2 Å². The van der Waals surface area contributed by atoms with E-state index in [1.807, 2.05) is 0 Å². The summed E-state index contributed by atoms with van der Waals surface area (Å²) in [6, 6.07) is 5.05. The number of ether oxygens (including phenoxy) is 1. The van der Waals surface area contributed by atoms with Crippen molar-refractivity contribution < 1.29 is 13.9 Å². The summed E-state index contributed by atoms with van der Waals surface area (Å²) in [5, 5.41) is 3.52. The maximum atomic E-state index is 13.4. The second kappa shape index (κ2) is 5.17. The first-order chi connectivity index (χ1) is 9.65. The highest BCUT2D eigenvalue weighted by Crippen LogP contribution is 2.40. The normalized spacial score (nSPS) is 25.7. The molecule has 2 aliphatic rings. The number of methoxy groups -OCH3 is 1. The Morgan fingerprint density at radius 1 is 1.40 bits per heavy atom. The number of hydrogen-bond donors (Lipinski definition) is 1. The van der Waals surface area contributed by atoms with Crippen molar-refractivity contribution in [2.75, 3.05) is 7.11 Å². The van der Waals surface area contributed by atoms with Gasteiger partial charge in [-0.25, -0.2) is 9.18 Å². The second-order valence-corrected chi connectivity index (χ2v) is 5.82. The van der Waals surface area contributed by atoms with Gasteiger partial charge in [0.15, 0.2) is 0 Å². The molecule has 2 aliphatic carbocycles. The SMILES string of the molecule is COC(=O)C1(NC2CCCC2)CCc2cc(F)ccc21. The Balaban J connectivity index is 1.98. The number of hydrogen-bond acceptors (Lipinski definition) is 3. The molecule has 1 aromatic rings. The van der Waals surface area contributed by atoms with E-state index in [0.717, 1.165) is 24.0 Å². The molecule has 20 heavy (non-hydrogen) atoms. The molecule has 0 bridgehead atoms. The Kier molecular flexibility index (Phi) is 3.50. The van der Waals surface area contributed by atoms with Crippen molar-refractivity contribution in [2.24, 2.45) is 0 Å².